The number of aliphatic hydroxyl groups is 1. The Hall–Kier alpha value is -0.890. The lowest BCUT2D eigenvalue weighted by molar-refractivity contribution is 0.159. The lowest BCUT2D eigenvalue weighted by Gasteiger charge is -2.11. The molecule has 1 atom stereocenters. The predicted molar refractivity (Wildman–Crippen MR) is 88.0 cm³/mol. The summed E-state index contributed by atoms with van der Waals surface area (Å²) in [5.41, 5.74) is 0.626. The van der Waals surface area contributed by atoms with Crippen molar-refractivity contribution in [3.63, 3.8) is 0 Å². The minimum Gasteiger partial charge on any atom is -0.393 e. The zero-order chi connectivity index (χ0) is 15.3. The summed E-state index contributed by atoms with van der Waals surface area (Å²) < 4.78 is 13.5. The second-order valence-corrected chi connectivity index (χ2v) is 6.07. The Morgan fingerprint density at radius 3 is 2.10 bits per heavy atom. The third kappa shape index (κ3) is 8.87. The van der Waals surface area contributed by atoms with Gasteiger partial charge in [0.1, 0.15) is 5.82 Å². The molecule has 21 heavy (non-hydrogen) atoms. The average Bonchev–Trinajstić information content (AvgIpc) is 2.48. The van der Waals surface area contributed by atoms with E-state index in [-0.39, 0.29) is 5.82 Å². The first kappa shape index (κ1) is 18.2. The number of benzene rings is 1. The quantitative estimate of drug-likeness (QED) is 0.494. The Balaban J connectivity index is 1.99. The number of hydrogen-bond acceptors (Lipinski definition) is 1. The van der Waals surface area contributed by atoms with Gasteiger partial charge < -0.3 is 5.11 Å². The summed E-state index contributed by atoms with van der Waals surface area (Å²) in [6.07, 6.45) is 12.4. The molecule has 0 aromatic heterocycles. The van der Waals surface area contributed by atoms with Crippen LogP contribution >= 0.6 is 0 Å². The molecule has 0 heterocycles. The van der Waals surface area contributed by atoms with E-state index in [2.05, 4.69) is 6.92 Å². The minimum atomic E-state index is -0.411. The average molecular weight is 294 g/mol. The highest BCUT2D eigenvalue weighted by molar-refractivity contribution is 5.17. The van der Waals surface area contributed by atoms with Gasteiger partial charge in [0.2, 0.25) is 0 Å². The van der Waals surface area contributed by atoms with Gasteiger partial charge in [-0.1, -0.05) is 82.9 Å². The molecule has 1 nitrogen and oxygen atoms in total. The van der Waals surface area contributed by atoms with E-state index in [1.54, 1.807) is 12.1 Å². The normalized spacial score (nSPS) is 12.5. The van der Waals surface area contributed by atoms with Crippen LogP contribution in [-0.2, 0) is 6.42 Å². The number of hydrogen-bond donors (Lipinski definition) is 1. The molecule has 0 aliphatic carbocycles. The molecule has 2 heteroatoms. The fourth-order valence-corrected chi connectivity index (χ4v) is 2.71. The van der Waals surface area contributed by atoms with E-state index in [0.29, 0.717) is 12.0 Å². The lowest BCUT2D eigenvalue weighted by Crippen LogP contribution is -2.11. The Morgan fingerprint density at radius 2 is 1.48 bits per heavy atom. The lowest BCUT2D eigenvalue weighted by atomic mass is 10.0. The maximum atomic E-state index is 13.5. The van der Waals surface area contributed by atoms with Crippen LogP contribution in [0.2, 0.25) is 0 Å². The van der Waals surface area contributed by atoms with Crippen molar-refractivity contribution in [2.75, 3.05) is 0 Å². The van der Waals surface area contributed by atoms with Gasteiger partial charge in [-0.15, -0.1) is 0 Å². The molecule has 0 amide bonds. The molecule has 120 valence electrons. The summed E-state index contributed by atoms with van der Waals surface area (Å²) in [7, 11) is 0. The number of unbranched alkanes of at least 4 members (excludes halogenated alkanes) is 8. The van der Waals surface area contributed by atoms with Crippen molar-refractivity contribution in [2.24, 2.45) is 0 Å². The van der Waals surface area contributed by atoms with E-state index < -0.39 is 6.10 Å². The molecule has 1 N–H and O–H groups in total. The van der Waals surface area contributed by atoms with Crippen LogP contribution in [0.5, 0.6) is 0 Å². The molecule has 1 unspecified atom stereocenters. The van der Waals surface area contributed by atoms with E-state index >= 15 is 0 Å². The molecule has 0 spiro atoms. The van der Waals surface area contributed by atoms with Crippen LogP contribution in [0.25, 0.3) is 0 Å². The third-order valence-corrected chi connectivity index (χ3v) is 4.05. The topological polar surface area (TPSA) is 20.2 Å². The molecular weight excluding hydrogens is 263 g/mol. The van der Waals surface area contributed by atoms with Crippen molar-refractivity contribution in [3.8, 4) is 0 Å². The second kappa shape index (κ2) is 11.7. The Labute approximate surface area is 129 Å². The molecular formula is C19H31FO. The fraction of sp³-hybridized carbons (Fsp3) is 0.684. The Bertz CT molecular complexity index is 364. The largest absolute Gasteiger partial charge is 0.393 e. The summed E-state index contributed by atoms with van der Waals surface area (Å²) in [6, 6.07) is 6.73. The number of aliphatic hydroxyl groups excluding tert-OH is 1. The van der Waals surface area contributed by atoms with E-state index in [1.807, 2.05) is 6.07 Å². The molecule has 1 rings (SSSR count). The SMILES string of the molecule is CCCCCCCCCCCC(O)Cc1ccccc1F. The predicted octanol–water partition coefficient (Wildman–Crippen LogP) is 5.65. The summed E-state index contributed by atoms with van der Waals surface area (Å²) >= 11 is 0. The minimum absolute atomic E-state index is 0.205. The summed E-state index contributed by atoms with van der Waals surface area (Å²) in [5.74, 6) is -0.205. The molecule has 0 aliphatic heterocycles. The van der Waals surface area contributed by atoms with Crippen LogP contribution < -0.4 is 0 Å². The molecule has 0 saturated heterocycles. The van der Waals surface area contributed by atoms with E-state index in [4.69, 9.17) is 0 Å². The van der Waals surface area contributed by atoms with Crippen LogP contribution in [-0.4, -0.2) is 11.2 Å². The zero-order valence-electron chi connectivity index (χ0n) is 13.5. The monoisotopic (exact) mass is 294 g/mol. The van der Waals surface area contributed by atoms with Crippen LogP contribution in [0, 0.1) is 5.82 Å². The Morgan fingerprint density at radius 1 is 0.905 bits per heavy atom. The second-order valence-electron chi connectivity index (χ2n) is 6.07. The first-order valence-corrected chi connectivity index (χ1v) is 8.65. The van der Waals surface area contributed by atoms with Gasteiger partial charge in [0.25, 0.3) is 0 Å². The fourth-order valence-electron chi connectivity index (χ4n) is 2.71. The van der Waals surface area contributed by atoms with Crippen LogP contribution in [0.3, 0.4) is 0 Å². The zero-order valence-corrected chi connectivity index (χ0v) is 13.5. The summed E-state index contributed by atoms with van der Waals surface area (Å²) in [5, 5.41) is 9.96. The number of rotatable bonds is 12. The highest BCUT2D eigenvalue weighted by atomic mass is 19.1. The van der Waals surface area contributed by atoms with Crippen molar-refractivity contribution in [2.45, 2.75) is 83.7 Å². The van der Waals surface area contributed by atoms with Crippen molar-refractivity contribution in [1.29, 1.82) is 0 Å². The highest BCUT2D eigenvalue weighted by Crippen LogP contribution is 2.14. The highest BCUT2D eigenvalue weighted by Gasteiger charge is 2.08. The van der Waals surface area contributed by atoms with E-state index in [1.165, 1.54) is 57.4 Å². The van der Waals surface area contributed by atoms with Gasteiger partial charge in [-0.05, 0) is 18.1 Å². The van der Waals surface area contributed by atoms with E-state index in [9.17, 15) is 9.50 Å². The molecule has 0 saturated carbocycles. The summed E-state index contributed by atoms with van der Waals surface area (Å²) in [4.78, 5) is 0. The third-order valence-electron chi connectivity index (χ3n) is 4.05. The first-order valence-electron chi connectivity index (χ1n) is 8.65. The van der Waals surface area contributed by atoms with Crippen molar-refractivity contribution in [3.05, 3.63) is 35.6 Å². The maximum Gasteiger partial charge on any atom is 0.126 e. The standard InChI is InChI=1S/C19H31FO/c1-2-3-4-5-6-7-8-9-10-14-18(21)16-17-13-11-12-15-19(17)20/h11-13,15,18,21H,2-10,14,16H2,1H3. The summed E-state index contributed by atoms with van der Waals surface area (Å²) in [6.45, 7) is 2.24. The van der Waals surface area contributed by atoms with E-state index in [0.717, 1.165) is 12.8 Å². The molecule has 0 aliphatic rings. The molecule has 0 fully saturated rings. The maximum absolute atomic E-state index is 13.5. The first-order chi connectivity index (χ1) is 10.2. The van der Waals surface area contributed by atoms with Gasteiger partial charge in [0.05, 0.1) is 6.10 Å². The van der Waals surface area contributed by atoms with Crippen LogP contribution in [0.4, 0.5) is 4.39 Å². The van der Waals surface area contributed by atoms with Gasteiger partial charge in [-0.2, -0.15) is 0 Å². The molecule has 1 aromatic rings. The van der Waals surface area contributed by atoms with Crippen LogP contribution in [0.15, 0.2) is 24.3 Å². The van der Waals surface area contributed by atoms with Crippen LogP contribution in [0.1, 0.15) is 76.7 Å². The van der Waals surface area contributed by atoms with Crippen molar-refractivity contribution >= 4 is 0 Å². The van der Waals surface area contributed by atoms with Gasteiger partial charge in [-0.3, -0.25) is 0 Å². The van der Waals surface area contributed by atoms with Crippen molar-refractivity contribution in [1.82, 2.24) is 0 Å². The van der Waals surface area contributed by atoms with Gasteiger partial charge in [0, 0.05) is 6.42 Å². The number of halogens is 1. The molecule has 0 radical (unpaired) electrons. The Kier molecular flexibility index (Phi) is 10.1. The van der Waals surface area contributed by atoms with Gasteiger partial charge in [0.15, 0.2) is 0 Å². The van der Waals surface area contributed by atoms with Gasteiger partial charge >= 0.3 is 0 Å². The molecule has 0 bridgehead atoms. The molecule has 1 aromatic carbocycles. The van der Waals surface area contributed by atoms with Gasteiger partial charge in [-0.25, -0.2) is 4.39 Å². The smallest absolute Gasteiger partial charge is 0.126 e. The van der Waals surface area contributed by atoms with Crippen molar-refractivity contribution < 1.29 is 9.50 Å².